The molecule has 1 rings (SSSR count). The molecular weight excluding hydrogens is 168 g/mol. The van der Waals surface area contributed by atoms with Crippen molar-refractivity contribution in [1.29, 1.82) is 0 Å². The molecule has 0 spiro atoms. The van der Waals surface area contributed by atoms with Gasteiger partial charge in [-0.1, -0.05) is 0 Å². The molecule has 0 saturated carbocycles. The fourth-order valence-electron chi connectivity index (χ4n) is 1.38. The van der Waals surface area contributed by atoms with Crippen molar-refractivity contribution >= 4 is 5.97 Å². The second-order valence-corrected chi connectivity index (χ2v) is 4.97. The highest BCUT2D eigenvalue weighted by atomic mass is 16.6. The molecule has 0 amide bonds. The van der Waals surface area contributed by atoms with Crippen LogP contribution in [-0.2, 0) is 9.53 Å². The quantitative estimate of drug-likeness (QED) is 0.479. The van der Waals surface area contributed by atoms with Gasteiger partial charge in [-0.2, -0.15) is 0 Å². The average molecular weight is 186 g/mol. The SMILES string of the molecule is CC(C)(C)OC(=O)C1(C)CN(N)C1. The first-order chi connectivity index (χ1) is 5.73. The third kappa shape index (κ3) is 2.42. The van der Waals surface area contributed by atoms with Crippen LogP contribution in [-0.4, -0.2) is 29.7 Å². The molecule has 1 aliphatic rings. The number of hydrazine groups is 1. The monoisotopic (exact) mass is 186 g/mol. The Morgan fingerprint density at radius 2 is 1.92 bits per heavy atom. The van der Waals surface area contributed by atoms with Crippen molar-refractivity contribution in [3.8, 4) is 0 Å². The van der Waals surface area contributed by atoms with Crippen LogP contribution in [0.5, 0.6) is 0 Å². The minimum Gasteiger partial charge on any atom is -0.459 e. The van der Waals surface area contributed by atoms with Crippen LogP contribution in [0.1, 0.15) is 27.7 Å². The molecule has 0 unspecified atom stereocenters. The molecule has 0 radical (unpaired) electrons. The Labute approximate surface area is 79.0 Å². The summed E-state index contributed by atoms with van der Waals surface area (Å²) in [5.41, 5.74) is -0.808. The van der Waals surface area contributed by atoms with Crippen LogP contribution in [0.25, 0.3) is 0 Å². The van der Waals surface area contributed by atoms with Crippen LogP contribution < -0.4 is 5.84 Å². The molecule has 0 aromatic heterocycles. The molecule has 76 valence electrons. The summed E-state index contributed by atoms with van der Waals surface area (Å²) in [7, 11) is 0. The maximum absolute atomic E-state index is 11.6. The standard InChI is InChI=1S/C9H18N2O2/c1-8(2,3)13-7(12)9(4)5-11(10)6-9/h5-6,10H2,1-4H3. The van der Waals surface area contributed by atoms with Gasteiger partial charge in [-0.3, -0.25) is 10.6 Å². The maximum atomic E-state index is 11.6. The van der Waals surface area contributed by atoms with Crippen molar-refractivity contribution in [2.45, 2.75) is 33.3 Å². The molecule has 1 aliphatic heterocycles. The van der Waals surface area contributed by atoms with Crippen LogP contribution in [0.3, 0.4) is 0 Å². The van der Waals surface area contributed by atoms with Gasteiger partial charge in [0, 0.05) is 13.1 Å². The van der Waals surface area contributed by atoms with Crippen molar-refractivity contribution < 1.29 is 9.53 Å². The van der Waals surface area contributed by atoms with Gasteiger partial charge in [0.1, 0.15) is 5.60 Å². The Kier molecular flexibility index (Phi) is 2.38. The zero-order valence-corrected chi connectivity index (χ0v) is 8.76. The van der Waals surface area contributed by atoms with Gasteiger partial charge >= 0.3 is 5.97 Å². The summed E-state index contributed by atoms with van der Waals surface area (Å²) in [5.74, 6) is 5.33. The largest absolute Gasteiger partial charge is 0.459 e. The lowest BCUT2D eigenvalue weighted by atomic mass is 9.83. The topological polar surface area (TPSA) is 55.6 Å². The molecule has 0 atom stereocenters. The van der Waals surface area contributed by atoms with E-state index < -0.39 is 11.0 Å². The lowest BCUT2D eigenvalue weighted by Gasteiger charge is -2.44. The summed E-state index contributed by atoms with van der Waals surface area (Å²) in [6, 6.07) is 0. The normalized spacial score (nSPS) is 22.2. The molecule has 0 aromatic carbocycles. The van der Waals surface area contributed by atoms with Gasteiger partial charge in [0.2, 0.25) is 0 Å². The molecule has 4 heteroatoms. The number of nitrogens with zero attached hydrogens (tertiary/aromatic N) is 1. The van der Waals surface area contributed by atoms with E-state index in [9.17, 15) is 4.79 Å². The van der Waals surface area contributed by atoms with Gasteiger partial charge in [0.25, 0.3) is 0 Å². The summed E-state index contributed by atoms with van der Waals surface area (Å²) < 4.78 is 5.27. The summed E-state index contributed by atoms with van der Waals surface area (Å²) in [4.78, 5) is 11.6. The van der Waals surface area contributed by atoms with E-state index in [4.69, 9.17) is 10.6 Å². The lowest BCUT2D eigenvalue weighted by molar-refractivity contribution is -0.177. The lowest BCUT2D eigenvalue weighted by Crippen LogP contribution is -2.62. The fourth-order valence-corrected chi connectivity index (χ4v) is 1.38. The molecule has 1 fully saturated rings. The van der Waals surface area contributed by atoms with E-state index in [1.807, 2.05) is 27.7 Å². The molecule has 2 N–H and O–H groups in total. The number of esters is 1. The molecular formula is C9H18N2O2. The number of hydrogen-bond donors (Lipinski definition) is 1. The number of carbonyl (C=O) groups is 1. The second-order valence-electron chi connectivity index (χ2n) is 4.97. The maximum Gasteiger partial charge on any atom is 0.315 e. The Morgan fingerprint density at radius 3 is 2.23 bits per heavy atom. The fraction of sp³-hybridized carbons (Fsp3) is 0.889. The highest BCUT2D eigenvalue weighted by Gasteiger charge is 2.46. The van der Waals surface area contributed by atoms with Crippen molar-refractivity contribution in [1.82, 2.24) is 5.01 Å². The van der Waals surface area contributed by atoms with E-state index in [1.54, 1.807) is 5.01 Å². The summed E-state index contributed by atoms with van der Waals surface area (Å²) >= 11 is 0. The van der Waals surface area contributed by atoms with Crippen LogP contribution in [0.2, 0.25) is 0 Å². The number of ether oxygens (including phenoxy) is 1. The number of carbonyl (C=O) groups excluding carboxylic acids is 1. The number of rotatable bonds is 1. The predicted molar refractivity (Wildman–Crippen MR) is 49.7 cm³/mol. The summed E-state index contributed by atoms with van der Waals surface area (Å²) in [5, 5.41) is 1.62. The highest BCUT2D eigenvalue weighted by molar-refractivity contribution is 5.78. The Bertz CT molecular complexity index is 214. The smallest absolute Gasteiger partial charge is 0.315 e. The molecule has 0 bridgehead atoms. The van der Waals surface area contributed by atoms with Gasteiger partial charge in [0.15, 0.2) is 0 Å². The zero-order chi connectivity index (χ0) is 10.3. The van der Waals surface area contributed by atoms with Gasteiger partial charge in [0.05, 0.1) is 5.41 Å². The van der Waals surface area contributed by atoms with E-state index in [-0.39, 0.29) is 5.97 Å². The first kappa shape index (κ1) is 10.5. The average Bonchev–Trinajstić information content (AvgIpc) is 1.80. The summed E-state index contributed by atoms with van der Waals surface area (Å²) in [6.45, 7) is 8.65. The van der Waals surface area contributed by atoms with Crippen molar-refractivity contribution in [3.05, 3.63) is 0 Å². The van der Waals surface area contributed by atoms with Crippen LogP contribution in [0, 0.1) is 5.41 Å². The highest BCUT2D eigenvalue weighted by Crippen LogP contribution is 2.30. The van der Waals surface area contributed by atoms with Crippen LogP contribution in [0.15, 0.2) is 0 Å². The Balaban J connectivity index is 2.50. The van der Waals surface area contributed by atoms with Gasteiger partial charge < -0.3 is 4.74 Å². The van der Waals surface area contributed by atoms with Gasteiger partial charge in [-0.05, 0) is 27.7 Å². The molecule has 4 nitrogen and oxygen atoms in total. The third-order valence-electron chi connectivity index (χ3n) is 2.00. The van der Waals surface area contributed by atoms with E-state index >= 15 is 0 Å². The zero-order valence-electron chi connectivity index (χ0n) is 8.76. The Hall–Kier alpha value is -0.610. The number of nitrogens with two attached hydrogens (primary N) is 1. The molecule has 13 heavy (non-hydrogen) atoms. The van der Waals surface area contributed by atoms with E-state index in [0.29, 0.717) is 13.1 Å². The van der Waals surface area contributed by atoms with E-state index in [2.05, 4.69) is 0 Å². The van der Waals surface area contributed by atoms with Gasteiger partial charge in [-0.25, -0.2) is 5.01 Å². The van der Waals surface area contributed by atoms with Gasteiger partial charge in [-0.15, -0.1) is 0 Å². The number of hydrogen-bond acceptors (Lipinski definition) is 4. The first-order valence-corrected chi connectivity index (χ1v) is 4.46. The van der Waals surface area contributed by atoms with Crippen molar-refractivity contribution in [3.63, 3.8) is 0 Å². The Morgan fingerprint density at radius 1 is 1.46 bits per heavy atom. The van der Waals surface area contributed by atoms with Crippen molar-refractivity contribution in [2.24, 2.45) is 11.3 Å². The van der Waals surface area contributed by atoms with Crippen LogP contribution >= 0.6 is 0 Å². The van der Waals surface area contributed by atoms with E-state index in [1.165, 1.54) is 0 Å². The molecule has 1 heterocycles. The molecule has 1 saturated heterocycles. The minimum atomic E-state index is -0.408. The third-order valence-corrected chi connectivity index (χ3v) is 2.00. The minimum absolute atomic E-state index is 0.151. The molecule has 0 aliphatic carbocycles. The molecule has 0 aromatic rings. The van der Waals surface area contributed by atoms with Crippen molar-refractivity contribution in [2.75, 3.05) is 13.1 Å². The first-order valence-electron chi connectivity index (χ1n) is 4.46. The predicted octanol–water partition coefficient (Wildman–Crippen LogP) is 0.524. The second kappa shape index (κ2) is 2.96. The van der Waals surface area contributed by atoms with Crippen LogP contribution in [0.4, 0.5) is 0 Å². The van der Waals surface area contributed by atoms with E-state index in [0.717, 1.165) is 0 Å². The summed E-state index contributed by atoms with van der Waals surface area (Å²) in [6.07, 6.45) is 0.